The number of ether oxygens (including phenoxy) is 5. The first-order valence-electron chi connectivity index (χ1n) is 12.8. The van der Waals surface area contributed by atoms with Crippen molar-refractivity contribution in [3.05, 3.63) is 114 Å². The summed E-state index contributed by atoms with van der Waals surface area (Å²) in [5, 5.41) is 3.99. The van der Waals surface area contributed by atoms with Gasteiger partial charge in [0.25, 0.3) is 5.91 Å². The Labute approximate surface area is 238 Å². The normalized spacial score (nSPS) is 11.4. The van der Waals surface area contributed by atoms with E-state index in [0.717, 1.165) is 5.56 Å². The Balaban J connectivity index is 1.22. The fraction of sp³-hybridized carbons (Fsp3) is 0.156. The van der Waals surface area contributed by atoms with Gasteiger partial charge >= 0.3 is 5.97 Å². The molecule has 0 aliphatic rings. The van der Waals surface area contributed by atoms with Gasteiger partial charge in [-0.3, -0.25) is 4.79 Å². The second-order valence-electron chi connectivity index (χ2n) is 8.77. The molecule has 9 nitrogen and oxygen atoms in total. The largest absolute Gasteiger partial charge is 0.493 e. The first-order valence-corrected chi connectivity index (χ1v) is 12.8. The first kappa shape index (κ1) is 28.7. The van der Waals surface area contributed by atoms with E-state index in [1.54, 1.807) is 73.7 Å². The molecule has 4 rings (SSSR count). The summed E-state index contributed by atoms with van der Waals surface area (Å²) in [5.74, 6) is 1.57. The van der Waals surface area contributed by atoms with Crippen LogP contribution in [0, 0.1) is 0 Å². The van der Waals surface area contributed by atoms with Crippen molar-refractivity contribution in [3.63, 3.8) is 0 Å². The van der Waals surface area contributed by atoms with Crippen LogP contribution in [-0.2, 0) is 11.4 Å². The molecule has 4 aromatic rings. The minimum atomic E-state index is -0.776. The van der Waals surface area contributed by atoms with Crippen molar-refractivity contribution in [2.45, 2.75) is 19.6 Å². The Kier molecular flexibility index (Phi) is 9.92. The SMILES string of the molecule is COc1ccc(C(=O)Oc2ccc(C=NNC(=O)C(C)Oc3ccc(OCc4ccccc4)cc3)cc2)cc1OC. The summed E-state index contributed by atoms with van der Waals surface area (Å²) in [6.07, 6.45) is 0.699. The van der Waals surface area contributed by atoms with Gasteiger partial charge < -0.3 is 23.7 Å². The van der Waals surface area contributed by atoms with Crippen molar-refractivity contribution in [2.75, 3.05) is 14.2 Å². The number of benzene rings is 4. The smallest absolute Gasteiger partial charge is 0.343 e. The minimum absolute atomic E-state index is 0.319. The van der Waals surface area contributed by atoms with Gasteiger partial charge in [-0.25, -0.2) is 10.2 Å². The van der Waals surface area contributed by atoms with Crippen LogP contribution in [-0.4, -0.2) is 38.4 Å². The van der Waals surface area contributed by atoms with E-state index < -0.39 is 18.0 Å². The van der Waals surface area contributed by atoms with E-state index in [2.05, 4.69) is 10.5 Å². The summed E-state index contributed by atoms with van der Waals surface area (Å²) in [5.41, 5.74) is 4.55. The van der Waals surface area contributed by atoms with Crippen molar-refractivity contribution >= 4 is 18.1 Å². The minimum Gasteiger partial charge on any atom is -0.493 e. The Morgan fingerprint density at radius 3 is 2.15 bits per heavy atom. The molecule has 9 heteroatoms. The zero-order valence-corrected chi connectivity index (χ0v) is 22.9. The molecule has 1 amide bonds. The fourth-order valence-electron chi connectivity index (χ4n) is 3.63. The summed E-state index contributed by atoms with van der Waals surface area (Å²) in [6, 6.07) is 28.4. The molecule has 4 aromatic carbocycles. The van der Waals surface area contributed by atoms with Gasteiger partial charge in [0, 0.05) is 0 Å². The molecule has 0 aromatic heterocycles. The fourth-order valence-corrected chi connectivity index (χ4v) is 3.63. The van der Waals surface area contributed by atoms with E-state index in [-0.39, 0.29) is 0 Å². The number of esters is 1. The van der Waals surface area contributed by atoms with Crippen LogP contribution in [0.3, 0.4) is 0 Å². The molecule has 0 saturated heterocycles. The average Bonchev–Trinajstić information content (AvgIpc) is 3.01. The van der Waals surface area contributed by atoms with Gasteiger partial charge in [-0.05, 0) is 84.8 Å². The van der Waals surface area contributed by atoms with Gasteiger partial charge in [-0.2, -0.15) is 5.10 Å². The highest BCUT2D eigenvalue weighted by atomic mass is 16.5. The van der Waals surface area contributed by atoms with Gasteiger partial charge in [0.2, 0.25) is 0 Å². The van der Waals surface area contributed by atoms with Crippen LogP contribution < -0.4 is 29.1 Å². The molecule has 0 heterocycles. The maximum absolute atomic E-state index is 12.5. The Bertz CT molecular complexity index is 1470. The monoisotopic (exact) mass is 554 g/mol. The van der Waals surface area contributed by atoms with Crippen LogP contribution in [0.1, 0.15) is 28.4 Å². The molecule has 0 spiro atoms. The quantitative estimate of drug-likeness (QED) is 0.108. The Morgan fingerprint density at radius 2 is 1.46 bits per heavy atom. The van der Waals surface area contributed by atoms with Crippen LogP contribution in [0.15, 0.2) is 102 Å². The molecule has 210 valence electrons. The van der Waals surface area contributed by atoms with Crippen molar-refractivity contribution in [3.8, 4) is 28.7 Å². The number of hydrogen-bond donors (Lipinski definition) is 1. The second kappa shape index (κ2) is 14.2. The van der Waals surface area contributed by atoms with E-state index >= 15 is 0 Å². The van der Waals surface area contributed by atoms with Gasteiger partial charge in [0.05, 0.1) is 26.0 Å². The lowest BCUT2D eigenvalue weighted by molar-refractivity contribution is -0.127. The maximum atomic E-state index is 12.5. The zero-order chi connectivity index (χ0) is 29.0. The Morgan fingerprint density at radius 1 is 0.805 bits per heavy atom. The number of carbonyl (C=O) groups excluding carboxylic acids is 2. The molecular formula is C32H30N2O7. The standard InChI is InChI=1S/C32H30N2O7/c1-22(40-27-16-14-26(15-17-27)39-21-24-7-5-4-6-8-24)31(35)34-33-20-23-9-12-28(13-10-23)41-32(36)25-11-18-29(37-2)30(19-25)38-3/h4-20,22H,21H2,1-3H3,(H,34,35). The van der Waals surface area contributed by atoms with Crippen molar-refractivity contribution < 1.29 is 33.3 Å². The molecular weight excluding hydrogens is 524 g/mol. The van der Waals surface area contributed by atoms with Crippen molar-refractivity contribution in [1.82, 2.24) is 5.43 Å². The zero-order valence-electron chi connectivity index (χ0n) is 22.9. The summed E-state index contributed by atoms with van der Waals surface area (Å²) in [4.78, 5) is 24.9. The highest BCUT2D eigenvalue weighted by Crippen LogP contribution is 2.28. The van der Waals surface area contributed by atoms with Gasteiger partial charge in [-0.1, -0.05) is 30.3 Å². The lowest BCUT2D eigenvalue weighted by Gasteiger charge is -2.13. The number of nitrogens with zero attached hydrogens (tertiary/aromatic N) is 1. The summed E-state index contributed by atoms with van der Waals surface area (Å²) >= 11 is 0. The second-order valence-corrected chi connectivity index (χ2v) is 8.77. The lowest BCUT2D eigenvalue weighted by atomic mass is 10.2. The van der Waals surface area contributed by atoms with Crippen molar-refractivity contribution in [2.24, 2.45) is 5.10 Å². The van der Waals surface area contributed by atoms with E-state index in [1.807, 2.05) is 30.3 Å². The third kappa shape index (κ3) is 8.34. The number of carbonyl (C=O) groups is 2. The van der Waals surface area contributed by atoms with Crippen LogP contribution in [0.4, 0.5) is 0 Å². The molecule has 1 N–H and O–H groups in total. The topological polar surface area (TPSA) is 105 Å². The molecule has 0 aliphatic carbocycles. The van der Waals surface area contributed by atoms with E-state index in [4.69, 9.17) is 23.7 Å². The molecule has 1 atom stereocenters. The average molecular weight is 555 g/mol. The van der Waals surface area contributed by atoms with Crippen LogP contribution in [0.5, 0.6) is 28.7 Å². The number of hydrazone groups is 1. The number of amides is 1. The molecule has 0 saturated carbocycles. The summed E-state index contributed by atoms with van der Waals surface area (Å²) in [7, 11) is 3.01. The third-order valence-corrected chi connectivity index (χ3v) is 5.85. The van der Waals surface area contributed by atoms with Crippen molar-refractivity contribution in [1.29, 1.82) is 0 Å². The number of rotatable bonds is 12. The summed E-state index contributed by atoms with van der Waals surface area (Å²) in [6.45, 7) is 2.09. The number of methoxy groups -OCH3 is 2. The Hall–Kier alpha value is -5.31. The number of hydrogen-bond acceptors (Lipinski definition) is 8. The van der Waals surface area contributed by atoms with Gasteiger partial charge in [0.15, 0.2) is 17.6 Å². The molecule has 0 aliphatic heterocycles. The predicted molar refractivity (Wildman–Crippen MR) is 154 cm³/mol. The molecule has 1 unspecified atom stereocenters. The van der Waals surface area contributed by atoms with E-state index in [9.17, 15) is 9.59 Å². The van der Waals surface area contributed by atoms with Crippen LogP contribution in [0.2, 0.25) is 0 Å². The molecule has 0 bridgehead atoms. The first-order chi connectivity index (χ1) is 19.9. The van der Waals surface area contributed by atoms with Crippen LogP contribution >= 0.6 is 0 Å². The number of nitrogens with one attached hydrogen (secondary N) is 1. The lowest BCUT2D eigenvalue weighted by Crippen LogP contribution is -2.33. The van der Waals surface area contributed by atoms with Crippen LogP contribution in [0.25, 0.3) is 0 Å². The predicted octanol–water partition coefficient (Wildman–Crippen LogP) is 5.42. The van der Waals surface area contributed by atoms with Gasteiger partial charge in [-0.15, -0.1) is 0 Å². The highest BCUT2D eigenvalue weighted by Gasteiger charge is 2.15. The highest BCUT2D eigenvalue weighted by molar-refractivity contribution is 5.92. The molecule has 41 heavy (non-hydrogen) atoms. The summed E-state index contributed by atoms with van der Waals surface area (Å²) < 4.78 is 27.3. The third-order valence-electron chi connectivity index (χ3n) is 5.85. The van der Waals surface area contributed by atoms with E-state index in [0.29, 0.717) is 46.5 Å². The molecule has 0 radical (unpaired) electrons. The molecule has 0 fully saturated rings. The van der Waals surface area contributed by atoms with E-state index in [1.165, 1.54) is 20.4 Å². The van der Waals surface area contributed by atoms with Gasteiger partial charge in [0.1, 0.15) is 23.9 Å². The maximum Gasteiger partial charge on any atom is 0.343 e.